The molecule has 1 rings (SSSR count). The number of hydrogen-bond donors (Lipinski definition) is 1. The molecule has 1 nitrogen and oxygen atoms in total. The summed E-state index contributed by atoms with van der Waals surface area (Å²) in [5.74, 6) is 0. The van der Waals surface area contributed by atoms with Gasteiger partial charge in [-0.25, -0.2) is 0 Å². The Bertz CT molecular complexity index is 150. The topological polar surface area (TPSA) is 26.0 Å². The molecule has 0 unspecified atom stereocenters. The van der Waals surface area contributed by atoms with Gasteiger partial charge in [0.05, 0.1) is 0 Å². The molecule has 50 valence electrons. The molecular formula is C7H9GdN. The van der Waals surface area contributed by atoms with Crippen LogP contribution < -0.4 is 5.73 Å². The fourth-order valence-electron chi connectivity index (χ4n) is 0.614. The van der Waals surface area contributed by atoms with Gasteiger partial charge < -0.3 is 5.73 Å². The average molecular weight is 264 g/mol. The van der Waals surface area contributed by atoms with Crippen LogP contribution in [0.4, 0.5) is 0 Å². The molecule has 0 saturated heterocycles. The number of hydrogen-bond acceptors (Lipinski definition) is 1. The van der Waals surface area contributed by atoms with Gasteiger partial charge in [-0.05, 0) is 5.56 Å². The second-order valence-corrected chi connectivity index (χ2v) is 1.69. The molecule has 1 aromatic rings. The maximum absolute atomic E-state index is 5.35. The van der Waals surface area contributed by atoms with Crippen LogP contribution >= 0.6 is 0 Å². The Balaban J connectivity index is 0.000000640. The van der Waals surface area contributed by atoms with E-state index < -0.39 is 0 Å². The molecule has 0 radical (unpaired) electrons. The summed E-state index contributed by atoms with van der Waals surface area (Å²) in [7, 11) is 0. The first-order valence-corrected chi connectivity index (χ1v) is 2.67. The zero-order valence-corrected chi connectivity index (χ0v) is 7.29. The van der Waals surface area contributed by atoms with E-state index in [9.17, 15) is 0 Å². The molecule has 9 heavy (non-hydrogen) atoms. The Labute approximate surface area is 87.3 Å². The Morgan fingerprint density at radius 1 is 1.11 bits per heavy atom. The van der Waals surface area contributed by atoms with Gasteiger partial charge in [-0.1, -0.05) is 30.3 Å². The zero-order valence-electron chi connectivity index (χ0n) is 5.02. The van der Waals surface area contributed by atoms with Gasteiger partial charge in [0.1, 0.15) is 0 Å². The third-order valence-corrected chi connectivity index (χ3v) is 1.08. The molecule has 0 bridgehead atoms. The minimum absolute atomic E-state index is 0. The molecule has 0 aliphatic carbocycles. The van der Waals surface area contributed by atoms with Crippen molar-refractivity contribution in [3.63, 3.8) is 0 Å². The van der Waals surface area contributed by atoms with Crippen LogP contribution in [0.1, 0.15) is 5.56 Å². The van der Waals surface area contributed by atoms with Gasteiger partial charge >= 0.3 is 0 Å². The van der Waals surface area contributed by atoms with Crippen LogP contribution in [-0.2, 0) is 6.54 Å². The van der Waals surface area contributed by atoms with Gasteiger partial charge in [-0.3, -0.25) is 0 Å². The van der Waals surface area contributed by atoms with Crippen molar-refractivity contribution in [3.05, 3.63) is 35.9 Å². The molecule has 0 fully saturated rings. The van der Waals surface area contributed by atoms with E-state index in [4.69, 9.17) is 5.73 Å². The average Bonchev–Trinajstić information content (AvgIpc) is 1.90. The Morgan fingerprint density at radius 2 is 1.67 bits per heavy atom. The summed E-state index contributed by atoms with van der Waals surface area (Å²) in [4.78, 5) is 0. The van der Waals surface area contributed by atoms with Crippen LogP contribution in [0.3, 0.4) is 0 Å². The normalized spacial score (nSPS) is 8.11. The third kappa shape index (κ3) is 3.26. The van der Waals surface area contributed by atoms with Crippen molar-refractivity contribution in [2.24, 2.45) is 5.73 Å². The largest absolute Gasteiger partial charge is 0.326 e. The van der Waals surface area contributed by atoms with Crippen LogP contribution in [-0.4, -0.2) is 0 Å². The van der Waals surface area contributed by atoms with Crippen LogP contribution in [0.25, 0.3) is 0 Å². The van der Waals surface area contributed by atoms with Crippen molar-refractivity contribution in [1.29, 1.82) is 0 Å². The molecule has 0 aliphatic rings. The minimum atomic E-state index is 0. The van der Waals surface area contributed by atoms with Crippen molar-refractivity contribution in [3.8, 4) is 0 Å². The van der Waals surface area contributed by atoms with Gasteiger partial charge in [0.15, 0.2) is 0 Å². The molecule has 0 spiro atoms. The predicted molar refractivity (Wildman–Crippen MR) is 34.3 cm³/mol. The third-order valence-electron chi connectivity index (χ3n) is 1.08. The van der Waals surface area contributed by atoms with E-state index in [-0.39, 0.29) is 39.9 Å². The molecule has 2 N–H and O–H groups in total. The van der Waals surface area contributed by atoms with E-state index in [1.54, 1.807) is 0 Å². The fraction of sp³-hybridized carbons (Fsp3) is 0.143. The van der Waals surface area contributed by atoms with Crippen molar-refractivity contribution >= 4 is 0 Å². The summed E-state index contributed by atoms with van der Waals surface area (Å²) in [6.45, 7) is 0.640. The van der Waals surface area contributed by atoms with Gasteiger partial charge in [-0.2, -0.15) is 0 Å². The first-order chi connectivity index (χ1) is 3.93. The smallest absolute Gasteiger partial charge is 0.0178 e. The molecule has 2 heteroatoms. The zero-order chi connectivity index (χ0) is 5.82. The first kappa shape index (κ1) is 9.50. The van der Waals surface area contributed by atoms with E-state index in [2.05, 4.69) is 0 Å². The second kappa shape index (κ2) is 5.30. The van der Waals surface area contributed by atoms with Crippen LogP contribution in [0, 0.1) is 39.9 Å². The summed E-state index contributed by atoms with van der Waals surface area (Å²) < 4.78 is 0. The Hall–Kier alpha value is 0.505. The molecule has 0 heterocycles. The molecule has 0 aromatic heterocycles. The summed E-state index contributed by atoms with van der Waals surface area (Å²) in [5, 5.41) is 0. The van der Waals surface area contributed by atoms with Crippen LogP contribution in [0.5, 0.6) is 0 Å². The van der Waals surface area contributed by atoms with E-state index in [1.165, 1.54) is 5.56 Å². The quantitative estimate of drug-likeness (QED) is 0.809. The predicted octanol–water partition coefficient (Wildman–Crippen LogP) is 1.15. The monoisotopic (exact) mass is 265 g/mol. The van der Waals surface area contributed by atoms with E-state index in [0.717, 1.165) is 0 Å². The number of rotatable bonds is 1. The van der Waals surface area contributed by atoms with Crippen LogP contribution in [0.2, 0.25) is 0 Å². The standard InChI is InChI=1S/C7H9N.Gd/c8-6-7-4-2-1-3-5-7;/h1-5H,6,8H2;. The number of nitrogens with two attached hydrogens (primary N) is 1. The molecule has 0 aliphatic heterocycles. The van der Waals surface area contributed by atoms with Crippen molar-refractivity contribution in [2.45, 2.75) is 6.54 Å². The van der Waals surface area contributed by atoms with Gasteiger partial charge in [0.25, 0.3) is 0 Å². The maximum atomic E-state index is 5.35. The maximum Gasteiger partial charge on any atom is 0.0178 e. The Kier molecular flexibility index (Phi) is 5.60. The molecule has 0 amide bonds. The SMILES string of the molecule is NCc1ccccc1.[Gd]. The summed E-state index contributed by atoms with van der Waals surface area (Å²) in [6, 6.07) is 9.99. The summed E-state index contributed by atoms with van der Waals surface area (Å²) in [6.07, 6.45) is 0. The molecule has 0 saturated carbocycles. The molecule has 1 aromatic carbocycles. The van der Waals surface area contributed by atoms with Gasteiger partial charge in [0.2, 0.25) is 0 Å². The first-order valence-electron chi connectivity index (χ1n) is 2.67. The summed E-state index contributed by atoms with van der Waals surface area (Å²) >= 11 is 0. The second-order valence-electron chi connectivity index (χ2n) is 1.69. The van der Waals surface area contributed by atoms with E-state index >= 15 is 0 Å². The molecular weight excluding hydrogens is 255 g/mol. The number of benzene rings is 1. The summed E-state index contributed by atoms with van der Waals surface area (Å²) in [5.41, 5.74) is 6.54. The van der Waals surface area contributed by atoms with Crippen molar-refractivity contribution in [2.75, 3.05) is 0 Å². The fourth-order valence-corrected chi connectivity index (χ4v) is 0.614. The van der Waals surface area contributed by atoms with Crippen LogP contribution in [0.15, 0.2) is 30.3 Å². The van der Waals surface area contributed by atoms with Crippen molar-refractivity contribution < 1.29 is 39.9 Å². The van der Waals surface area contributed by atoms with Crippen molar-refractivity contribution in [1.82, 2.24) is 0 Å². The molecule has 0 atom stereocenters. The Morgan fingerprint density at radius 3 is 2.00 bits per heavy atom. The van der Waals surface area contributed by atoms with Gasteiger partial charge in [-0.15, -0.1) is 0 Å². The minimum Gasteiger partial charge on any atom is -0.326 e. The van der Waals surface area contributed by atoms with E-state index in [0.29, 0.717) is 6.54 Å². The van der Waals surface area contributed by atoms with Gasteiger partial charge in [0, 0.05) is 46.5 Å². The van der Waals surface area contributed by atoms with E-state index in [1.807, 2.05) is 30.3 Å².